The van der Waals surface area contributed by atoms with Gasteiger partial charge in [-0.2, -0.15) is 0 Å². The van der Waals surface area contributed by atoms with E-state index in [1.165, 1.54) is 109 Å². The molecular formula is C75H134O16P2. The van der Waals surface area contributed by atoms with E-state index in [9.17, 15) is 43.5 Å². The molecule has 0 fully saturated rings. The Labute approximate surface area is 565 Å². The number of phosphoric acid groups is 2. The molecule has 0 aliphatic carbocycles. The first kappa shape index (κ1) is 89.7. The first-order valence-electron chi connectivity index (χ1n) is 36.9. The highest BCUT2D eigenvalue weighted by Crippen LogP contribution is 2.45. The second-order valence-corrected chi connectivity index (χ2v) is 27.7. The molecule has 0 saturated carbocycles. The standard InChI is InChI=1S/C75H134O16P2/c1-4-7-10-13-16-19-22-25-28-30-32-33-34-35-37-39-41-43-46-49-52-55-58-61-73(78)85-64-70(76)65-87-92(81,82)88-66-71(77)67-89-93(83,84)90-69-72(91-75(80)63-60-57-54-51-48-45-40-27-24-21-18-15-12-9-6-3)68-86-74(79)62-59-56-53-50-47-44-42-38-36-31-29-26-23-20-17-14-11-8-5-2/h16-17,19-20,25-26,28-29,32-33,35-38,70-72,76-77H,4-15,18,21-24,27,30-31,34,39-69H2,1-3H3,(H,81,82)(H,83,84)/b19-16-,20-17-,28-25-,29-26-,33-32-,37-35-,38-36-. The van der Waals surface area contributed by atoms with Crippen molar-refractivity contribution in [2.45, 2.75) is 334 Å². The number of hydrogen-bond acceptors (Lipinski definition) is 14. The Morgan fingerprint density at radius 2 is 0.538 bits per heavy atom. The predicted molar refractivity (Wildman–Crippen MR) is 381 cm³/mol. The van der Waals surface area contributed by atoms with Crippen LogP contribution in [-0.2, 0) is 55.8 Å². The fourth-order valence-corrected chi connectivity index (χ4v) is 11.5. The lowest BCUT2D eigenvalue weighted by molar-refractivity contribution is -0.161. The van der Waals surface area contributed by atoms with E-state index in [0.29, 0.717) is 19.3 Å². The molecule has 5 atom stereocenters. The number of carbonyl (C=O) groups excluding carboxylic acids is 3. The smallest absolute Gasteiger partial charge is 0.463 e. The molecule has 0 spiro atoms. The van der Waals surface area contributed by atoms with Gasteiger partial charge in [-0.3, -0.25) is 32.5 Å². The Kier molecular flexibility index (Phi) is 66.2. The molecular weight excluding hydrogens is 1220 g/mol. The van der Waals surface area contributed by atoms with Gasteiger partial charge in [0, 0.05) is 19.3 Å². The van der Waals surface area contributed by atoms with Gasteiger partial charge in [-0.25, -0.2) is 9.13 Å². The number of ether oxygens (including phenoxy) is 3. The minimum atomic E-state index is -4.93. The maximum Gasteiger partial charge on any atom is 0.472 e. The Morgan fingerprint density at radius 1 is 0.301 bits per heavy atom. The van der Waals surface area contributed by atoms with Crippen molar-refractivity contribution in [1.82, 2.24) is 0 Å². The Morgan fingerprint density at radius 3 is 0.871 bits per heavy atom. The summed E-state index contributed by atoms with van der Waals surface area (Å²) >= 11 is 0. The van der Waals surface area contributed by atoms with Crippen LogP contribution in [0.15, 0.2) is 85.1 Å². The van der Waals surface area contributed by atoms with Gasteiger partial charge in [0.15, 0.2) is 6.10 Å². The SMILES string of the molecule is CCCCC/C=C\C/C=C\C/C=C\C/C=C\CCCCCCCCCC(=O)OCC(O)COP(=O)(O)OCC(O)COP(=O)(O)OCC(COC(=O)CCCCCCCC/C=C\C/C=C\C/C=C\CCCCC)OC(=O)CCCCCCCCCCCCCCCCC. The minimum absolute atomic E-state index is 0.105. The summed E-state index contributed by atoms with van der Waals surface area (Å²) in [7, 11) is -9.78. The number of esters is 3. The molecule has 5 unspecified atom stereocenters. The summed E-state index contributed by atoms with van der Waals surface area (Å²) < 4.78 is 61.0. The molecule has 0 aromatic heterocycles. The van der Waals surface area contributed by atoms with E-state index >= 15 is 0 Å². The largest absolute Gasteiger partial charge is 0.472 e. The highest BCUT2D eigenvalue weighted by Gasteiger charge is 2.29. The molecule has 0 radical (unpaired) electrons. The van der Waals surface area contributed by atoms with E-state index in [0.717, 1.165) is 148 Å². The van der Waals surface area contributed by atoms with Crippen LogP contribution in [-0.4, -0.2) is 95.9 Å². The molecule has 0 rings (SSSR count). The topological polar surface area (TPSA) is 231 Å². The molecule has 93 heavy (non-hydrogen) atoms. The summed E-state index contributed by atoms with van der Waals surface area (Å²) in [6.45, 7) is 2.63. The van der Waals surface area contributed by atoms with Crippen LogP contribution in [0.1, 0.15) is 316 Å². The zero-order valence-corrected chi connectivity index (χ0v) is 60.5. The van der Waals surface area contributed by atoms with E-state index < -0.39 is 91.5 Å². The highest BCUT2D eigenvalue weighted by molar-refractivity contribution is 7.47. The van der Waals surface area contributed by atoms with Gasteiger partial charge in [0.05, 0.1) is 26.4 Å². The van der Waals surface area contributed by atoms with Crippen molar-refractivity contribution in [3.63, 3.8) is 0 Å². The van der Waals surface area contributed by atoms with Crippen LogP contribution in [0.5, 0.6) is 0 Å². The lowest BCUT2D eigenvalue weighted by Crippen LogP contribution is -2.30. The molecule has 0 aliphatic rings. The van der Waals surface area contributed by atoms with Crippen LogP contribution < -0.4 is 0 Å². The van der Waals surface area contributed by atoms with Gasteiger partial charge in [-0.15, -0.1) is 0 Å². The number of rotatable bonds is 70. The molecule has 0 aromatic carbocycles. The van der Waals surface area contributed by atoms with E-state index in [4.69, 9.17) is 32.3 Å². The van der Waals surface area contributed by atoms with Gasteiger partial charge < -0.3 is 34.2 Å². The monoisotopic (exact) mass is 1350 g/mol. The highest BCUT2D eigenvalue weighted by atomic mass is 31.2. The Balaban J connectivity index is 4.63. The third-order valence-electron chi connectivity index (χ3n) is 15.6. The number of unbranched alkanes of at least 4 members (excludes halogenated alkanes) is 33. The van der Waals surface area contributed by atoms with Crippen LogP contribution in [0.3, 0.4) is 0 Å². The van der Waals surface area contributed by atoms with Gasteiger partial charge in [-0.05, 0) is 103 Å². The van der Waals surface area contributed by atoms with E-state index in [1.54, 1.807) is 0 Å². The van der Waals surface area contributed by atoms with Gasteiger partial charge in [-0.1, -0.05) is 279 Å². The third kappa shape index (κ3) is 69.9. The van der Waals surface area contributed by atoms with Crippen molar-refractivity contribution in [3.8, 4) is 0 Å². The molecule has 0 bridgehead atoms. The predicted octanol–water partition coefficient (Wildman–Crippen LogP) is 20.9. The van der Waals surface area contributed by atoms with Gasteiger partial charge in [0.1, 0.15) is 25.4 Å². The fourth-order valence-electron chi connectivity index (χ4n) is 9.91. The third-order valence-corrected chi connectivity index (χ3v) is 17.5. The Hall–Kier alpha value is -3.27. The quantitative estimate of drug-likeness (QED) is 0.0146. The molecule has 0 aromatic rings. The lowest BCUT2D eigenvalue weighted by Gasteiger charge is -2.21. The minimum Gasteiger partial charge on any atom is -0.463 e. The average Bonchev–Trinajstić information content (AvgIpc) is 3.74. The van der Waals surface area contributed by atoms with Crippen LogP contribution in [0, 0.1) is 0 Å². The molecule has 18 heteroatoms. The molecule has 4 N–H and O–H groups in total. The number of aliphatic hydroxyl groups is 2. The van der Waals surface area contributed by atoms with Crippen LogP contribution in [0.25, 0.3) is 0 Å². The average molecular weight is 1350 g/mol. The first-order valence-corrected chi connectivity index (χ1v) is 39.9. The number of allylic oxidation sites excluding steroid dienone is 14. The zero-order chi connectivity index (χ0) is 68.1. The van der Waals surface area contributed by atoms with Crippen molar-refractivity contribution in [2.24, 2.45) is 0 Å². The Bertz CT molecular complexity index is 2040. The lowest BCUT2D eigenvalue weighted by atomic mass is 10.0. The summed E-state index contributed by atoms with van der Waals surface area (Å²) in [5.41, 5.74) is 0. The van der Waals surface area contributed by atoms with Gasteiger partial charge in [0.2, 0.25) is 0 Å². The van der Waals surface area contributed by atoms with E-state index in [-0.39, 0.29) is 19.3 Å². The summed E-state index contributed by atoms with van der Waals surface area (Å²) in [5, 5.41) is 20.6. The summed E-state index contributed by atoms with van der Waals surface area (Å²) in [6, 6.07) is 0. The van der Waals surface area contributed by atoms with E-state index in [1.807, 2.05) is 0 Å². The van der Waals surface area contributed by atoms with Crippen molar-refractivity contribution >= 4 is 33.6 Å². The molecule has 0 saturated heterocycles. The van der Waals surface area contributed by atoms with Crippen molar-refractivity contribution in [2.75, 3.05) is 39.6 Å². The number of hydrogen-bond donors (Lipinski definition) is 4. The maximum atomic E-state index is 12.9. The number of phosphoric ester groups is 2. The van der Waals surface area contributed by atoms with Crippen LogP contribution in [0.4, 0.5) is 0 Å². The molecule has 540 valence electrons. The normalized spacial score (nSPS) is 14.6. The molecule has 16 nitrogen and oxygen atoms in total. The number of carbonyl (C=O) groups is 3. The second kappa shape index (κ2) is 68.7. The first-order chi connectivity index (χ1) is 45.2. The van der Waals surface area contributed by atoms with Crippen molar-refractivity contribution in [1.29, 1.82) is 0 Å². The van der Waals surface area contributed by atoms with Gasteiger partial charge >= 0.3 is 33.6 Å². The zero-order valence-electron chi connectivity index (χ0n) is 58.7. The summed E-state index contributed by atoms with van der Waals surface area (Å²) in [6.07, 6.45) is 74.7. The molecule has 0 amide bonds. The second-order valence-electron chi connectivity index (χ2n) is 24.7. The van der Waals surface area contributed by atoms with Crippen molar-refractivity contribution in [3.05, 3.63) is 85.1 Å². The summed E-state index contributed by atoms with van der Waals surface area (Å²) in [5.74, 6) is -1.59. The van der Waals surface area contributed by atoms with Crippen LogP contribution in [0.2, 0.25) is 0 Å². The van der Waals surface area contributed by atoms with Gasteiger partial charge in [0.25, 0.3) is 0 Å². The summed E-state index contributed by atoms with van der Waals surface area (Å²) in [4.78, 5) is 58.5. The fraction of sp³-hybridized carbons (Fsp3) is 0.773. The van der Waals surface area contributed by atoms with Crippen LogP contribution >= 0.6 is 15.6 Å². The maximum absolute atomic E-state index is 12.9. The molecule has 0 heterocycles. The molecule has 0 aliphatic heterocycles. The number of aliphatic hydroxyl groups excluding tert-OH is 2. The van der Waals surface area contributed by atoms with Crippen molar-refractivity contribution < 1.29 is 75.8 Å². The van der Waals surface area contributed by atoms with E-state index in [2.05, 4.69) is 106 Å².